The molecule has 21 heavy (non-hydrogen) atoms. The highest BCUT2D eigenvalue weighted by atomic mass is 35.5. The zero-order chi connectivity index (χ0) is 15.6. The first-order valence-electron chi connectivity index (χ1n) is 6.85. The lowest BCUT2D eigenvalue weighted by molar-refractivity contribution is 0.0697. The highest BCUT2D eigenvalue weighted by Crippen LogP contribution is 2.26. The van der Waals surface area contributed by atoms with Crippen LogP contribution in [-0.2, 0) is 10.0 Å². The number of nitrogens with zero attached hydrogens (tertiary/aromatic N) is 1. The van der Waals surface area contributed by atoms with E-state index in [2.05, 4.69) is 6.92 Å². The van der Waals surface area contributed by atoms with E-state index < -0.39 is 16.0 Å². The average Bonchev–Trinajstić information content (AvgIpc) is 2.63. The Labute approximate surface area is 129 Å². The third kappa shape index (κ3) is 3.56. The molecule has 0 aliphatic carbocycles. The zero-order valence-corrected chi connectivity index (χ0v) is 13.3. The molecule has 0 radical (unpaired) electrons. The number of aromatic carboxylic acids is 1. The Morgan fingerprint density at radius 3 is 2.67 bits per heavy atom. The van der Waals surface area contributed by atoms with Gasteiger partial charge >= 0.3 is 5.97 Å². The largest absolute Gasteiger partial charge is 0.478 e. The summed E-state index contributed by atoms with van der Waals surface area (Å²) >= 11 is 5.86. The minimum Gasteiger partial charge on any atom is -0.478 e. The van der Waals surface area contributed by atoms with Crippen molar-refractivity contribution in [2.75, 3.05) is 13.1 Å². The molecule has 1 N–H and O–H groups in total. The van der Waals surface area contributed by atoms with Crippen molar-refractivity contribution in [2.24, 2.45) is 5.92 Å². The average molecular weight is 332 g/mol. The number of hydrogen-bond acceptors (Lipinski definition) is 3. The highest BCUT2D eigenvalue weighted by Gasteiger charge is 2.27. The molecule has 1 saturated heterocycles. The molecule has 0 spiro atoms. The normalized spacial score (nSPS) is 21.0. The number of carbonyl (C=O) groups is 1. The van der Waals surface area contributed by atoms with Gasteiger partial charge in [0, 0.05) is 13.1 Å². The minimum absolute atomic E-state index is 0.0482. The van der Waals surface area contributed by atoms with E-state index in [1.807, 2.05) is 0 Å². The van der Waals surface area contributed by atoms with Crippen LogP contribution in [-0.4, -0.2) is 36.9 Å². The second-order valence-electron chi connectivity index (χ2n) is 5.39. The summed E-state index contributed by atoms with van der Waals surface area (Å²) in [6.07, 6.45) is 2.69. The smallest absolute Gasteiger partial charge is 0.337 e. The van der Waals surface area contributed by atoms with Gasteiger partial charge in [-0.2, -0.15) is 4.31 Å². The van der Waals surface area contributed by atoms with E-state index in [4.69, 9.17) is 16.7 Å². The molecule has 116 valence electrons. The molecular weight excluding hydrogens is 314 g/mol. The fourth-order valence-electron chi connectivity index (χ4n) is 2.46. The van der Waals surface area contributed by atoms with Crippen molar-refractivity contribution in [1.29, 1.82) is 0 Å². The van der Waals surface area contributed by atoms with Crippen LogP contribution in [0, 0.1) is 5.92 Å². The molecule has 1 heterocycles. The van der Waals surface area contributed by atoms with Crippen LogP contribution >= 0.6 is 11.6 Å². The van der Waals surface area contributed by atoms with Gasteiger partial charge in [-0.1, -0.05) is 18.5 Å². The van der Waals surface area contributed by atoms with Crippen molar-refractivity contribution in [2.45, 2.75) is 31.1 Å². The van der Waals surface area contributed by atoms with Crippen LogP contribution in [0.15, 0.2) is 23.1 Å². The van der Waals surface area contributed by atoms with E-state index in [9.17, 15) is 13.2 Å². The van der Waals surface area contributed by atoms with Gasteiger partial charge in [-0.25, -0.2) is 13.2 Å². The fraction of sp³-hybridized carbons (Fsp3) is 0.500. The number of carboxylic acid groups (broad SMARTS) is 1. The van der Waals surface area contributed by atoms with Crippen LogP contribution in [0.25, 0.3) is 0 Å². The molecule has 2 rings (SSSR count). The zero-order valence-electron chi connectivity index (χ0n) is 11.8. The molecular formula is C14H18ClNO4S. The summed E-state index contributed by atoms with van der Waals surface area (Å²) in [5, 5.41) is 8.87. The van der Waals surface area contributed by atoms with Crippen LogP contribution in [0.5, 0.6) is 0 Å². The summed E-state index contributed by atoms with van der Waals surface area (Å²) in [5.41, 5.74) is -0.0971. The second kappa shape index (κ2) is 6.34. The molecule has 5 nitrogen and oxygen atoms in total. The van der Waals surface area contributed by atoms with Crippen LogP contribution in [0.1, 0.15) is 36.5 Å². The van der Waals surface area contributed by atoms with Gasteiger partial charge < -0.3 is 5.11 Å². The van der Waals surface area contributed by atoms with Crippen molar-refractivity contribution in [3.8, 4) is 0 Å². The van der Waals surface area contributed by atoms with Gasteiger partial charge in [0.1, 0.15) is 0 Å². The highest BCUT2D eigenvalue weighted by molar-refractivity contribution is 7.89. The Morgan fingerprint density at radius 1 is 1.33 bits per heavy atom. The predicted molar refractivity (Wildman–Crippen MR) is 80.2 cm³/mol. The quantitative estimate of drug-likeness (QED) is 0.924. The fourth-order valence-corrected chi connectivity index (χ4v) is 4.30. The number of sulfonamides is 1. The first-order chi connectivity index (χ1) is 9.82. The Hall–Kier alpha value is -1.11. The number of rotatable bonds is 3. The van der Waals surface area contributed by atoms with Crippen LogP contribution in [0.4, 0.5) is 0 Å². The maximum absolute atomic E-state index is 12.6. The van der Waals surface area contributed by atoms with E-state index in [-0.39, 0.29) is 15.5 Å². The lowest BCUT2D eigenvalue weighted by Crippen LogP contribution is -2.32. The summed E-state index contributed by atoms with van der Waals surface area (Å²) in [4.78, 5) is 11.0. The number of halogens is 1. The van der Waals surface area contributed by atoms with E-state index >= 15 is 0 Å². The molecule has 0 aromatic heterocycles. The summed E-state index contributed by atoms with van der Waals surface area (Å²) in [6.45, 7) is 3.10. The van der Waals surface area contributed by atoms with Crippen molar-refractivity contribution >= 4 is 27.6 Å². The number of hydrogen-bond donors (Lipinski definition) is 1. The molecule has 7 heteroatoms. The van der Waals surface area contributed by atoms with Gasteiger partial charge in [0.05, 0.1) is 15.5 Å². The molecule has 0 amide bonds. The number of carboxylic acids is 1. The molecule has 0 bridgehead atoms. The van der Waals surface area contributed by atoms with E-state index in [1.54, 1.807) is 0 Å². The van der Waals surface area contributed by atoms with Gasteiger partial charge in [-0.3, -0.25) is 0 Å². The van der Waals surface area contributed by atoms with Crippen molar-refractivity contribution < 1.29 is 18.3 Å². The molecule has 1 aliphatic heterocycles. The number of benzene rings is 1. The molecule has 1 unspecified atom stereocenters. The Balaban J connectivity index is 2.31. The van der Waals surface area contributed by atoms with Gasteiger partial charge in [-0.15, -0.1) is 0 Å². The second-order valence-corrected chi connectivity index (χ2v) is 7.73. The lowest BCUT2D eigenvalue weighted by atomic mass is 10.0. The maximum atomic E-state index is 12.6. The molecule has 1 aliphatic rings. The Kier molecular flexibility index (Phi) is 4.91. The Bertz CT molecular complexity index is 644. The van der Waals surface area contributed by atoms with Crippen molar-refractivity contribution in [3.63, 3.8) is 0 Å². The maximum Gasteiger partial charge on any atom is 0.337 e. The predicted octanol–water partition coefficient (Wildman–Crippen LogP) is 2.85. The molecule has 1 fully saturated rings. The van der Waals surface area contributed by atoms with E-state index in [0.717, 1.165) is 19.3 Å². The lowest BCUT2D eigenvalue weighted by Gasteiger charge is -2.20. The third-order valence-electron chi connectivity index (χ3n) is 3.78. The SMILES string of the molecule is CC1CCCN(S(=O)(=O)c2ccc(C(=O)O)c(Cl)c2)CC1. The van der Waals surface area contributed by atoms with E-state index in [0.29, 0.717) is 19.0 Å². The standard InChI is InChI=1S/C14H18ClNO4S/c1-10-3-2-7-16(8-6-10)21(19,20)11-4-5-12(14(17)18)13(15)9-11/h4-5,9-10H,2-3,6-8H2,1H3,(H,17,18). The van der Waals surface area contributed by atoms with E-state index in [1.165, 1.54) is 22.5 Å². The minimum atomic E-state index is -3.62. The molecule has 1 aromatic rings. The van der Waals surface area contributed by atoms with Gasteiger partial charge in [0.25, 0.3) is 0 Å². The van der Waals surface area contributed by atoms with Gasteiger partial charge in [0.2, 0.25) is 10.0 Å². The monoisotopic (exact) mass is 331 g/mol. The Morgan fingerprint density at radius 2 is 2.05 bits per heavy atom. The third-order valence-corrected chi connectivity index (χ3v) is 5.99. The van der Waals surface area contributed by atoms with Crippen LogP contribution < -0.4 is 0 Å². The van der Waals surface area contributed by atoms with Gasteiger partial charge in [-0.05, 0) is 43.4 Å². The topological polar surface area (TPSA) is 74.7 Å². The van der Waals surface area contributed by atoms with Crippen molar-refractivity contribution in [3.05, 3.63) is 28.8 Å². The summed E-state index contributed by atoms with van der Waals surface area (Å²) in [5.74, 6) is -0.657. The molecule has 1 aromatic carbocycles. The van der Waals surface area contributed by atoms with Crippen molar-refractivity contribution in [1.82, 2.24) is 4.31 Å². The first kappa shape index (κ1) is 16.3. The van der Waals surface area contributed by atoms with Crippen LogP contribution in [0.3, 0.4) is 0 Å². The summed E-state index contributed by atoms with van der Waals surface area (Å²) < 4.78 is 26.7. The molecule has 1 atom stereocenters. The summed E-state index contributed by atoms with van der Waals surface area (Å²) in [6, 6.07) is 3.76. The first-order valence-corrected chi connectivity index (χ1v) is 8.67. The molecule has 0 saturated carbocycles. The van der Waals surface area contributed by atoms with Crippen LogP contribution in [0.2, 0.25) is 5.02 Å². The summed E-state index contributed by atoms with van der Waals surface area (Å²) in [7, 11) is -3.62. The van der Waals surface area contributed by atoms with Gasteiger partial charge in [0.15, 0.2) is 0 Å².